The van der Waals surface area contributed by atoms with Gasteiger partial charge in [0.15, 0.2) is 0 Å². The lowest BCUT2D eigenvalue weighted by Gasteiger charge is -2.42. The second-order valence-electron chi connectivity index (χ2n) is 9.07. The molecule has 1 aliphatic heterocycles. The lowest BCUT2D eigenvalue weighted by molar-refractivity contribution is -0.139. The first kappa shape index (κ1) is 25.9. The Hall–Kier alpha value is -3.23. The van der Waals surface area contributed by atoms with Crippen LogP contribution in [0.2, 0.25) is 5.02 Å². The van der Waals surface area contributed by atoms with Crippen molar-refractivity contribution in [3.8, 4) is 0 Å². The summed E-state index contributed by atoms with van der Waals surface area (Å²) in [5.74, 6) is -0.394. The molecule has 9 heteroatoms. The van der Waals surface area contributed by atoms with Gasteiger partial charge in [-0.15, -0.1) is 5.10 Å². The van der Waals surface area contributed by atoms with Crippen molar-refractivity contribution < 1.29 is 19.4 Å². The van der Waals surface area contributed by atoms with E-state index in [1.807, 2.05) is 23.1 Å². The fourth-order valence-corrected chi connectivity index (χ4v) is 4.63. The number of ether oxygens (including phenoxy) is 1. The molecule has 0 unspecified atom stereocenters. The molecule has 2 heterocycles. The van der Waals surface area contributed by atoms with Crippen LogP contribution in [-0.4, -0.2) is 49.5 Å². The van der Waals surface area contributed by atoms with Crippen LogP contribution in [-0.2, 0) is 16.1 Å². The number of likely N-dealkylation sites (tertiary alicyclic amines) is 1. The topological polar surface area (TPSA) is 97.6 Å². The highest BCUT2D eigenvalue weighted by Gasteiger charge is 2.39. The van der Waals surface area contributed by atoms with Gasteiger partial charge < -0.3 is 14.7 Å². The standard InChI is InChI=1S/C27H31ClN4O4/c1-2-3-5-10-26(34)31-17-24(25(33)15-23(31)19-11-13-21(28)14-12-19)32-16-22(29-30-32)18-36-27(35)20-8-6-4-7-9-20/h4,6-9,11-14,16,23-25,33H,2-3,5,10,15,17-18H2,1H3/t23-,24+,25+/m1/s1. The molecule has 4 rings (SSSR count). The summed E-state index contributed by atoms with van der Waals surface area (Å²) in [5, 5.41) is 20.0. The fraction of sp³-hybridized carbons (Fsp3) is 0.407. The van der Waals surface area contributed by atoms with Gasteiger partial charge in [-0.3, -0.25) is 4.79 Å². The van der Waals surface area contributed by atoms with E-state index in [4.69, 9.17) is 16.3 Å². The van der Waals surface area contributed by atoms with E-state index < -0.39 is 18.1 Å². The quantitative estimate of drug-likeness (QED) is 0.330. The number of esters is 1. The van der Waals surface area contributed by atoms with Gasteiger partial charge in [-0.25, -0.2) is 9.48 Å². The van der Waals surface area contributed by atoms with E-state index in [-0.39, 0.29) is 18.6 Å². The van der Waals surface area contributed by atoms with Crippen LogP contribution in [0.4, 0.5) is 0 Å². The Morgan fingerprint density at radius 2 is 1.86 bits per heavy atom. The van der Waals surface area contributed by atoms with Gasteiger partial charge in [-0.05, 0) is 36.2 Å². The number of benzene rings is 2. The van der Waals surface area contributed by atoms with E-state index in [0.29, 0.717) is 35.7 Å². The summed E-state index contributed by atoms with van der Waals surface area (Å²) in [6.45, 7) is 2.36. The van der Waals surface area contributed by atoms with Crippen LogP contribution in [0.15, 0.2) is 60.8 Å². The summed E-state index contributed by atoms with van der Waals surface area (Å²) in [4.78, 5) is 27.3. The van der Waals surface area contributed by atoms with E-state index in [2.05, 4.69) is 17.2 Å². The van der Waals surface area contributed by atoms with Crippen molar-refractivity contribution in [1.82, 2.24) is 19.9 Å². The number of nitrogens with zero attached hydrogens (tertiary/aromatic N) is 4. The van der Waals surface area contributed by atoms with Gasteiger partial charge in [0.2, 0.25) is 5.91 Å². The Morgan fingerprint density at radius 3 is 2.58 bits per heavy atom. The summed E-state index contributed by atoms with van der Waals surface area (Å²) < 4.78 is 6.92. The normalized spacial score (nSPS) is 19.8. The van der Waals surface area contributed by atoms with Gasteiger partial charge in [0.05, 0.1) is 29.9 Å². The molecule has 8 nitrogen and oxygen atoms in total. The summed E-state index contributed by atoms with van der Waals surface area (Å²) in [5.41, 5.74) is 1.86. The molecule has 3 aromatic rings. The predicted molar refractivity (Wildman–Crippen MR) is 135 cm³/mol. The molecule has 3 atom stereocenters. The highest BCUT2D eigenvalue weighted by atomic mass is 35.5. The number of aliphatic hydroxyl groups excluding tert-OH is 1. The molecule has 2 aromatic carbocycles. The van der Waals surface area contributed by atoms with Gasteiger partial charge in [0.25, 0.3) is 0 Å². The number of carbonyl (C=O) groups is 2. The first-order valence-electron chi connectivity index (χ1n) is 12.3. The third-order valence-electron chi connectivity index (χ3n) is 6.50. The zero-order chi connectivity index (χ0) is 25.5. The Kier molecular flexibility index (Phi) is 8.72. The van der Waals surface area contributed by atoms with Crippen molar-refractivity contribution >= 4 is 23.5 Å². The molecule has 0 saturated carbocycles. The molecule has 0 radical (unpaired) electrons. The highest BCUT2D eigenvalue weighted by Crippen LogP contribution is 2.36. The number of halogens is 1. The molecule has 36 heavy (non-hydrogen) atoms. The third-order valence-corrected chi connectivity index (χ3v) is 6.75. The molecule has 0 aliphatic carbocycles. The predicted octanol–water partition coefficient (Wildman–Crippen LogP) is 4.74. The number of amides is 1. The lowest BCUT2D eigenvalue weighted by Crippen LogP contribution is -2.48. The average molecular weight is 511 g/mol. The van der Waals surface area contributed by atoms with Crippen LogP contribution in [0.3, 0.4) is 0 Å². The zero-order valence-electron chi connectivity index (χ0n) is 20.3. The van der Waals surface area contributed by atoms with Gasteiger partial charge >= 0.3 is 5.97 Å². The second-order valence-corrected chi connectivity index (χ2v) is 9.51. The van der Waals surface area contributed by atoms with E-state index in [9.17, 15) is 14.7 Å². The van der Waals surface area contributed by atoms with Gasteiger partial charge in [0.1, 0.15) is 12.3 Å². The molecular weight excluding hydrogens is 480 g/mol. The molecule has 0 spiro atoms. The maximum Gasteiger partial charge on any atom is 0.338 e. The second kappa shape index (κ2) is 12.1. The van der Waals surface area contributed by atoms with E-state index in [1.54, 1.807) is 47.3 Å². The summed E-state index contributed by atoms with van der Waals surface area (Å²) in [6, 6.07) is 15.4. The van der Waals surface area contributed by atoms with Crippen molar-refractivity contribution in [1.29, 1.82) is 0 Å². The minimum absolute atomic E-state index is 0.0381. The molecular formula is C27H31ClN4O4. The van der Waals surface area contributed by atoms with Crippen LogP contribution in [0.5, 0.6) is 0 Å². The number of carbonyl (C=O) groups excluding carboxylic acids is 2. The third kappa shape index (κ3) is 6.30. The Morgan fingerprint density at radius 1 is 1.11 bits per heavy atom. The zero-order valence-corrected chi connectivity index (χ0v) is 21.1. The molecule has 1 aromatic heterocycles. The van der Waals surface area contributed by atoms with Gasteiger partial charge in [-0.2, -0.15) is 0 Å². The van der Waals surface area contributed by atoms with Gasteiger partial charge in [0, 0.05) is 24.4 Å². The monoisotopic (exact) mass is 510 g/mol. The molecule has 1 aliphatic rings. The average Bonchev–Trinajstić information content (AvgIpc) is 3.37. The summed E-state index contributed by atoms with van der Waals surface area (Å²) >= 11 is 6.07. The smallest absolute Gasteiger partial charge is 0.338 e. The minimum atomic E-state index is -0.744. The van der Waals surface area contributed by atoms with Crippen LogP contribution < -0.4 is 0 Å². The van der Waals surface area contributed by atoms with Crippen molar-refractivity contribution in [2.75, 3.05) is 6.54 Å². The van der Waals surface area contributed by atoms with Gasteiger partial charge in [-0.1, -0.05) is 66.9 Å². The lowest BCUT2D eigenvalue weighted by atomic mass is 9.90. The molecule has 1 amide bonds. The number of rotatable bonds is 9. The molecule has 1 saturated heterocycles. The Balaban J connectivity index is 1.47. The SMILES string of the molecule is CCCCCC(=O)N1C[C@H](n2cc(COC(=O)c3ccccc3)nn2)[C@@H](O)C[C@@H]1c1ccc(Cl)cc1. The largest absolute Gasteiger partial charge is 0.455 e. The summed E-state index contributed by atoms with van der Waals surface area (Å²) in [6.07, 6.45) is 4.59. The number of piperidine rings is 1. The van der Waals surface area contributed by atoms with Crippen molar-refractivity contribution in [2.24, 2.45) is 0 Å². The first-order valence-corrected chi connectivity index (χ1v) is 12.7. The fourth-order valence-electron chi connectivity index (χ4n) is 4.51. The number of aromatic nitrogens is 3. The summed E-state index contributed by atoms with van der Waals surface area (Å²) in [7, 11) is 0. The molecule has 1 N–H and O–H groups in total. The number of hydrogen-bond donors (Lipinski definition) is 1. The maximum absolute atomic E-state index is 13.2. The molecule has 0 bridgehead atoms. The van der Waals surface area contributed by atoms with Crippen LogP contribution in [0, 0.1) is 0 Å². The first-order chi connectivity index (χ1) is 17.5. The highest BCUT2D eigenvalue weighted by molar-refractivity contribution is 6.30. The Bertz CT molecular complexity index is 1150. The number of hydrogen-bond acceptors (Lipinski definition) is 6. The Labute approximate surface area is 215 Å². The van der Waals surface area contributed by atoms with E-state index in [0.717, 1.165) is 24.8 Å². The molecule has 190 valence electrons. The maximum atomic E-state index is 13.2. The number of aliphatic hydroxyl groups is 1. The van der Waals surface area contributed by atoms with E-state index in [1.165, 1.54) is 0 Å². The van der Waals surface area contributed by atoms with Crippen LogP contribution >= 0.6 is 11.6 Å². The number of unbranched alkanes of at least 4 members (excludes halogenated alkanes) is 2. The van der Waals surface area contributed by atoms with Crippen LogP contribution in [0.25, 0.3) is 0 Å². The van der Waals surface area contributed by atoms with Crippen molar-refractivity contribution in [2.45, 2.75) is 63.8 Å². The van der Waals surface area contributed by atoms with Crippen molar-refractivity contribution in [3.63, 3.8) is 0 Å². The minimum Gasteiger partial charge on any atom is -0.455 e. The molecule has 1 fully saturated rings. The van der Waals surface area contributed by atoms with Crippen LogP contribution in [0.1, 0.15) is 72.7 Å². The van der Waals surface area contributed by atoms with E-state index >= 15 is 0 Å². The van der Waals surface area contributed by atoms with Crippen molar-refractivity contribution in [3.05, 3.63) is 82.6 Å².